The summed E-state index contributed by atoms with van der Waals surface area (Å²) < 4.78 is 6.70. The molecule has 2 aromatic rings. The number of ether oxygens (including phenoxy) is 1. The number of benzene rings is 2. The molecule has 6 heteroatoms. The largest absolute Gasteiger partial charge is 0.494 e. The smallest absolute Gasteiger partial charge is 0.262 e. The molecule has 0 fully saturated rings. The summed E-state index contributed by atoms with van der Waals surface area (Å²) in [5.74, 6) is 0.239. The Morgan fingerprint density at radius 2 is 1.88 bits per heavy atom. The number of nitrogens with one attached hydrogen (secondary N) is 1. The third-order valence-electron chi connectivity index (χ3n) is 3.20. The van der Waals surface area contributed by atoms with Crippen LogP contribution in [-0.4, -0.2) is 13.0 Å². The van der Waals surface area contributed by atoms with Crippen LogP contribution in [0.4, 0.5) is 0 Å². The molecule has 0 aliphatic heterocycles. The van der Waals surface area contributed by atoms with Gasteiger partial charge < -0.3 is 10.1 Å². The summed E-state index contributed by atoms with van der Waals surface area (Å²) in [5.41, 5.74) is 1.72. The Morgan fingerprint density at radius 3 is 2.42 bits per heavy atom. The minimum Gasteiger partial charge on any atom is -0.494 e. The molecule has 122 valence electrons. The van der Waals surface area contributed by atoms with Crippen molar-refractivity contribution in [2.24, 2.45) is 0 Å². The summed E-state index contributed by atoms with van der Waals surface area (Å²) in [6, 6.07) is 15.0. The lowest BCUT2D eigenvalue weighted by atomic mass is 10.1. The predicted octanol–water partition coefficient (Wildman–Crippen LogP) is 4.44. The number of halogens is 2. The van der Waals surface area contributed by atoms with E-state index in [4.69, 9.17) is 4.74 Å². The van der Waals surface area contributed by atoms with E-state index in [0.29, 0.717) is 17.9 Å². The summed E-state index contributed by atoms with van der Waals surface area (Å²) in [6.45, 7) is 0.370. The minimum absolute atomic E-state index is 0.0369. The van der Waals surface area contributed by atoms with Crippen LogP contribution in [0.25, 0.3) is 6.08 Å². The zero-order valence-electron chi connectivity index (χ0n) is 12.8. The van der Waals surface area contributed by atoms with Crippen LogP contribution in [0.5, 0.6) is 5.75 Å². The van der Waals surface area contributed by atoms with Crippen LogP contribution in [0.3, 0.4) is 0 Å². The van der Waals surface area contributed by atoms with Gasteiger partial charge in [0.05, 0.1) is 16.1 Å². The Labute approximate surface area is 157 Å². The SMILES string of the molecule is COc1c(Br)cc(/C=C(\C#N)C(=O)NCc2ccccc2)cc1Br. The van der Waals surface area contributed by atoms with E-state index in [1.807, 2.05) is 36.4 Å². The van der Waals surface area contributed by atoms with Crippen LogP contribution >= 0.6 is 31.9 Å². The molecular formula is C18H14Br2N2O2. The van der Waals surface area contributed by atoms with Crippen LogP contribution in [-0.2, 0) is 11.3 Å². The highest BCUT2D eigenvalue weighted by Crippen LogP contribution is 2.34. The van der Waals surface area contributed by atoms with E-state index in [0.717, 1.165) is 14.5 Å². The fourth-order valence-electron chi connectivity index (χ4n) is 2.05. The molecule has 24 heavy (non-hydrogen) atoms. The van der Waals surface area contributed by atoms with E-state index < -0.39 is 5.91 Å². The number of nitriles is 1. The van der Waals surface area contributed by atoms with Gasteiger partial charge >= 0.3 is 0 Å². The van der Waals surface area contributed by atoms with Crippen LogP contribution in [0, 0.1) is 11.3 Å². The number of hydrogen-bond acceptors (Lipinski definition) is 3. The molecule has 0 aromatic heterocycles. The monoisotopic (exact) mass is 448 g/mol. The summed E-state index contributed by atoms with van der Waals surface area (Å²) in [7, 11) is 1.57. The first-order chi connectivity index (χ1) is 11.5. The van der Waals surface area contributed by atoms with Crippen LogP contribution in [0.15, 0.2) is 57.0 Å². The lowest BCUT2D eigenvalue weighted by Gasteiger charge is -2.08. The van der Waals surface area contributed by atoms with Gasteiger partial charge in [-0.2, -0.15) is 5.26 Å². The molecule has 4 nitrogen and oxygen atoms in total. The van der Waals surface area contributed by atoms with Crippen molar-refractivity contribution >= 4 is 43.8 Å². The summed E-state index contributed by atoms with van der Waals surface area (Å²) in [4.78, 5) is 12.2. The maximum atomic E-state index is 12.2. The molecule has 0 saturated heterocycles. The van der Waals surface area contributed by atoms with Crippen LogP contribution < -0.4 is 10.1 Å². The fraction of sp³-hybridized carbons (Fsp3) is 0.111. The molecule has 1 N–H and O–H groups in total. The zero-order chi connectivity index (χ0) is 17.5. The standard InChI is InChI=1S/C18H14Br2N2O2/c1-24-17-15(19)8-13(9-16(17)20)7-14(10-21)18(23)22-11-12-5-3-2-4-6-12/h2-9H,11H2,1H3,(H,22,23)/b14-7+. The van der Waals surface area contributed by atoms with Gasteiger partial charge in [0.2, 0.25) is 0 Å². The highest BCUT2D eigenvalue weighted by Gasteiger charge is 2.11. The summed E-state index contributed by atoms with van der Waals surface area (Å²) in [5, 5.41) is 12.0. The van der Waals surface area contributed by atoms with Crippen molar-refractivity contribution in [3.63, 3.8) is 0 Å². The topological polar surface area (TPSA) is 62.1 Å². The molecule has 0 bridgehead atoms. The van der Waals surface area contributed by atoms with Gasteiger partial charge in [-0.05, 0) is 61.2 Å². The first-order valence-corrected chi connectivity index (χ1v) is 8.60. The van der Waals surface area contributed by atoms with Gasteiger partial charge in [-0.15, -0.1) is 0 Å². The quantitative estimate of drug-likeness (QED) is 0.542. The van der Waals surface area contributed by atoms with E-state index in [2.05, 4.69) is 37.2 Å². The lowest BCUT2D eigenvalue weighted by molar-refractivity contribution is -0.117. The number of carbonyl (C=O) groups is 1. The maximum Gasteiger partial charge on any atom is 0.262 e. The number of nitrogens with zero attached hydrogens (tertiary/aromatic N) is 1. The average Bonchev–Trinajstić information content (AvgIpc) is 2.58. The van der Waals surface area contributed by atoms with Crippen molar-refractivity contribution in [1.29, 1.82) is 5.26 Å². The molecule has 0 unspecified atom stereocenters. The normalized spacial score (nSPS) is 10.8. The molecular weight excluding hydrogens is 436 g/mol. The molecule has 0 radical (unpaired) electrons. The van der Waals surface area contributed by atoms with Crippen LogP contribution in [0.1, 0.15) is 11.1 Å². The zero-order valence-corrected chi connectivity index (χ0v) is 16.0. The number of amides is 1. The molecule has 0 atom stereocenters. The predicted molar refractivity (Wildman–Crippen MR) is 100 cm³/mol. The minimum atomic E-state index is -0.413. The molecule has 0 heterocycles. The van der Waals surface area contributed by atoms with Crippen molar-refractivity contribution in [3.05, 3.63) is 68.1 Å². The number of methoxy groups -OCH3 is 1. The highest BCUT2D eigenvalue weighted by atomic mass is 79.9. The Hall–Kier alpha value is -2.10. The summed E-state index contributed by atoms with van der Waals surface area (Å²) in [6.07, 6.45) is 1.54. The van der Waals surface area contributed by atoms with Crippen molar-refractivity contribution in [3.8, 4) is 11.8 Å². The van der Waals surface area contributed by atoms with E-state index in [1.165, 1.54) is 6.08 Å². The molecule has 0 aliphatic rings. The Balaban J connectivity index is 2.17. The third-order valence-corrected chi connectivity index (χ3v) is 4.37. The number of carbonyl (C=O) groups excluding carboxylic acids is 1. The number of rotatable bonds is 5. The van der Waals surface area contributed by atoms with Crippen molar-refractivity contribution in [2.75, 3.05) is 7.11 Å². The maximum absolute atomic E-state index is 12.2. The van der Waals surface area contributed by atoms with Crippen molar-refractivity contribution < 1.29 is 9.53 Å². The van der Waals surface area contributed by atoms with Gasteiger partial charge in [0.1, 0.15) is 17.4 Å². The van der Waals surface area contributed by atoms with E-state index in [-0.39, 0.29) is 5.57 Å². The van der Waals surface area contributed by atoms with Crippen LogP contribution in [0.2, 0.25) is 0 Å². The van der Waals surface area contributed by atoms with Gasteiger partial charge in [-0.3, -0.25) is 4.79 Å². The van der Waals surface area contributed by atoms with Gasteiger partial charge in [-0.25, -0.2) is 0 Å². The van der Waals surface area contributed by atoms with Gasteiger partial charge in [0.15, 0.2) is 0 Å². The molecule has 0 spiro atoms. The van der Waals surface area contributed by atoms with Gasteiger partial charge in [-0.1, -0.05) is 30.3 Å². The molecule has 0 saturated carbocycles. The number of hydrogen-bond donors (Lipinski definition) is 1. The Kier molecular flexibility index (Phi) is 6.59. The highest BCUT2D eigenvalue weighted by molar-refractivity contribution is 9.11. The molecule has 0 aliphatic carbocycles. The van der Waals surface area contributed by atoms with Crippen molar-refractivity contribution in [2.45, 2.75) is 6.54 Å². The molecule has 1 amide bonds. The third kappa shape index (κ3) is 4.70. The van der Waals surface area contributed by atoms with E-state index >= 15 is 0 Å². The average molecular weight is 450 g/mol. The Bertz CT molecular complexity index is 789. The van der Waals surface area contributed by atoms with Gasteiger partial charge in [0.25, 0.3) is 5.91 Å². The lowest BCUT2D eigenvalue weighted by Crippen LogP contribution is -2.23. The summed E-state index contributed by atoms with van der Waals surface area (Å²) >= 11 is 6.80. The van der Waals surface area contributed by atoms with E-state index in [9.17, 15) is 10.1 Å². The molecule has 2 rings (SSSR count). The second-order valence-corrected chi connectivity index (χ2v) is 6.56. The van der Waals surface area contributed by atoms with E-state index in [1.54, 1.807) is 19.2 Å². The fourth-order valence-corrected chi connectivity index (χ4v) is 3.59. The second-order valence-electron chi connectivity index (χ2n) is 4.86. The van der Waals surface area contributed by atoms with Gasteiger partial charge in [0, 0.05) is 6.54 Å². The first-order valence-electron chi connectivity index (χ1n) is 7.02. The van der Waals surface area contributed by atoms with Crippen molar-refractivity contribution in [1.82, 2.24) is 5.32 Å². The molecule has 2 aromatic carbocycles. The first kappa shape index (κ1) is 18.2. The Morgan fingerprint density at radius 1 is 1.25 bits per heavy atom. The second kappa shape index (κ2) is 8.67.